The van der Waals surface area contributed by atoms with Crippen molar-refractivity contribution in [3.05, 3.63) is 44.4 Å². The Balaban J connectivity index is 2.02. The van der Waals surface area contributed by atoms with Crippen LogP contribution >= 0.6 is 11.3 Å². The lowest BCUT2D eigenvalue weighted by Crippen LogP contribution is -2.06. The SMILES string of the molecule is CCNc1cc(NCCc2csc(C)n2)cc([N+](=O)[O-])c1. The number of rotatable bonds is 7. The summed E-state index contributed by atoms with van der Waals surface area (Å²) in [4.78, 5) is 15.0. The minimum absolute atomic E-state index is 0.0838. The van der Waals surface area contributed by atoms with E-state index in [1.165, 1.54) is 0 Å². The van der Waals surface area contributed by atoms with Crippen molar-refractivity contribution in [3.8, 4) is 0 Å². The van der Waals surface area contributed by atoms with Gasteiger partial charge in [-0.2, -0.15) is 0 Å². The molecule has 6 nitrogen and oxygen atoms in total. The Kier molecular flexibility index (Phi) is 5.10. The van der Waals surface area contributed by atoms with Crippen molar-refractivity contribution in [3.63, 3.8) is 0 Å². The maximum Gasteiger partial charge on any atom is 0.273 e. The van der Waals surface area contributed by atoms with Crippen molar-refractivity contribution in [2.45, 2.75) is 20.3 Å². The van der Waals surface area contributed by atoms with Crippen molar-refractivity contribution in [1.82, 2.24) is 4.98 Å². The molecular weight excluding hydrogens is 288 g/mol. The minimum atomic E-state index is -0.379. The van der Waals surface area contributed by atoms with E-state index < -0.39 is 0 Å². The number of non-ortho nitro benzene ring substituents is 1. The fourth-order valence-corrected chi connectivity index (χ4v) is 2.63. The van der Waals surface area contributed by atoms with Gasteiger partial charge in [-0.1, -0.05) is 0 Å². The number of hydrogen-bond donors (Lipinski definition) is 2. The van der Waals surface area contributed by atoms with Gasteiger partial charge in [-0.25, -0.2) is 4.98 Å². The molecule has 2 N–H and O–H groups in total. The molecule has 7 heteroatoms. The van der Waals surface area contributed by atoms with Crippen LogP contribution in [-0.2, 0) is 6.42 Å². The Morgan fingerprint density at radius 2 is 2.00 bits per heavy atom. The lowest BCUT2D eigenvalue weighted by molar-refractivity contribution is -0.384. The van der Waals surface area contributed by atoms with Crippen LogP contribution in [0.2, 0.25) is 0 Å². The normalized spacial score (nSPS) is 10.4. The molecule has 0 aliphatic rings. The first-order valence-electron chi connectivity index (χ1n) is 6.76. The Bertz CT molecular complexity index is 627. The number of anilines is 2. The zero-order chi connectivity index (χ0) is 15.2. The fraction of sp³-hybridized carbons (Fsp3) is 0.357. The predicted molar refractivity (Wildman–Crippen MR) is 86.3 cm³/mol. The van der Waals surface area contributed by atoms with Crippen LogP contribution in [0.15, 0.2) is 23.6 Å². The highest BCUT2D eigenvalue weighted by Gasteiger charge is 2.09. The van der Waals surface area contributed by atoms with Gasteiger partial charge in [0.2, 0.25) is 0 Å². The van der Waals surface area contributed by atoms with Crippen LogP contribution in [0.3, 0.4) is 0 Å². The average molecular weight is 306 g/mol. The van der Waals surface area contributed by atoms with Crippen LogP contribution in [0.1, 0.15) is 17.6 Å². The molecule has 112 valence electrons. The first kappa shape index (κ1) is 15.2. The summed E-state index contributed by atoms with van der Waals surface area (Å²) in [5.41, 5.74) is 2.62. The molecule has 0 spiro atoms. The lowest BCUT2D eigenvalue weighted by Gasteiger charge is -2.09. The second-order valence-corrected chi connectivity index (χ2v) is 5.65. The van der Waals surface area contributed by atoms with Gasteiger partial charge in [0.1, 0.15) is 0 Å². The van der Waals surface area contributed by atoms with Crippen molar-refractivity contribution in [1.29, 1.82) is 0 Å². The van der Waals surface area contributed by atoms with Gasteiger partial charge in [0.15, 0.2) is 0 Å². The van der Waals surface area contributed by atoms with E-state index in [4.69, 9.17) is 0 Å². The second kappa shape index (κ2) is 7.03. The molecule has 0 atom stereocenters. The number of nitro groups is 1. The molecule has 0 unspecified atom stereocenters. The van der Waals surface area contributed by atoms with Crippen LogP contribution in [-0.4, -0.2) is 23.0 Å². The highest BCUT2D eigenvalue weighted by molar-refractivity contribution is 7.09. The van der Waals surface area contributed by atoms with Crippen LogP contribution in [0, 0.1) is 17.0 Å². The zero-order valence-corrected chi connectivity index (χ0v) is 12.9. The molecular formula is C14H18N4O2S. The maximum atomic E-state index is 10.9. The Labute approximate surface area is 127 Å². The summed E-state index contributed by atoms with van der Waals surface area (Å²) in [6, 6.07) is 4.97. The molecule has 0 saturated carbocycles. The van der Waals surface area contributed by atoms with Crippen LogP contribution in [0.5, 0.6) is 0 Å². The highest BCUT2D eigenvalue weighted by Crippen LogP contribution is 2.24. The van der Waals surface area contributed by atoms with E-state index >= 15 is 0 Å². The quantitative estimate of drug-likeness (QED) is 0.605. The van der Waals surface area contributed by atoms with Gasteiger partial charge >= 0.3 is 0 Å². The minimum Gasteiger partial charge on any atom is -0.385 e. The largest absolute Gasteiger partial charge is 0.385 e. The number of thiazole rings is 1. The number of nitrogens with one attached hydrogen (secondary N) is 2. The van der Waals surface area contributed by atoms with Gasteiger partial charge in [0.25, 0.3) is 5.69 Å². The molecule has 1 heterocycles. The van der Waals surface area contributed by atoms with Crippen LogP contribution < -0.4 is 10.6 Å². The Hall–Kier alpha value is -2.15. The predicted octanol–water partition coefficient (Wildman–Crippen LogP) is 3.45. The first-order chi connectivity index (χ1) is 10.1. The fourth-order valence-electron chi connectivity index (χ4n) is 1.98. The zero-order valence-electron chi connectivity index (χ0n) is 12.0. The summed E-state index contributed by atoms with van der Waals surface area (Å²) >= 11 is 1.63. The van der Waals surface area contributed by atoms with E-state index in [1.807, 2.05) is 25.3 Å². The lowest BCUT2D eigenvalue weighted by atomic mass is 10.2. The summed E-state index contributed by atoms with van der Waals surface area (Å²) in [7, 11) is 0. The number of aryl methyl sites for hydroxylation is 1. The molecule has 2 rings (SSSR count). The maximum absolute atomic E-state index is 10.9. The first-order valence-corrected chi connectivity index (χ1v) is 7.64. The van der Waals surface area contributed by atoms with Crippen LogP contribution in [0.4, 0.5) is 17.1 Å². The van der Waals surface area contributed by atoms with Gasteiger partial charge in [-0.05, 0) is 19.9 Å². The summed E-state index contributed by atoms with van der Waals surface area (Å²) in [5.74, 6) is 0. The molecule has 0 aliphatic carbocycles. The standard InChI is InChI=1S/C14H18N4O2S/c1-3-15-12-6-13(8-14(7-12)18(19)20)16-5-4-11-9-21-10(2)17-11/h6-9,15-16H,3-5H2,1-2H3. The molecule has 0 radical (unpaired) electrons. The molecule has 1 aromatic carbocycles. The van der Waals surface area contributed by atoms with Gasteiger partial charge in [-0.15, -0.1) is 11.3 Å². The highest BCUT2D eigenvalue weighted by atomic mass is 32.1. The molecule has 0 amide bonds. The topological polar surface area (TPSA) is 80.1 Å². The molecule has 0 saturated heterocycles. The average Bonchev–Trinajstić information content (AvgIpc) is 2.84. The third-order valence-electron chi connectivity index (χ3n) is 2.89. The summed E-state index contributed by atoms with van der Waals surface area (Å²) < 4.78 is 0. The number of hydrogen-bond acceptors (Lipinski definition) is 6. The Morgan fingerprint density at radius 3 is 2.57 bits per heavy atom. The van der Waals surface area contributed by atoms with Crippen molar-refractivity contribution >= 4 is 28.4 Å². The van der Waals surface area contributed by atoms with E-state index in [1.54, 1.807) is 23.5 Å². The third kappa shape index (κ3) is 4.42. The van der Waals surface area contributed by atoms with E-state index in [2.05, 4.69) is 15.6 Å². The molecule has 0 aliphatic heterocycles. The van der Waals surface area contributed by atoms with E-state index in [0.717, 1.165) is 35.0 Å². The van der Waals surface area contributed by atoms with Gasteiger partial charge in [-0.3, -0.25) is 10.1 Å². The van der Waals surface area contributed by atoms with Crippen molar-refractivity contribution in [2.75, 3.05) is 23.7 Å². The summed E-state index contributed by atoms with van der Waals surface area (Å²) in [6.07, 6.45) is 0.795. The smallest absolute Gasteiger partial charge is 0.273 e. The van der Waals surface area contributed by atoms with E-state index in [9.17, 15) is 10.1 Å². The number of nitrogens with zero attached hydrogens (tertiary/aromatic N) is 2. The monoisotopic (exact) mass is 306 g/mol. The summed E-state index contributed by atoms with van der Waals surface area (Å²) in [5, 5.41) is 20.4. The van der Waals surface area contributed by atoms with Crippen LogP contribution in [0.25, 0.3) is 0 Å². The molecule has 0 bridgehead atoms. The number of benzene rings is 1. The van der Waals surface area contributed by atoms with Crippen molar-refractivity contribution < 1.29 is 4.92 Å². The van der Waals surface area contributed by atoms with Gasteiger partial charge < -0.3 is 10.6 Å². The number of nitro benzene ring substituents is 1. The molecule has 2 aromatic rings. The Morgan fingerprint density at radius 1 is 1.29 bits per heavy atom. The van der Waals surface area contributed by atoms with E-state index in [-0.39, 0.29) is 10.6 Å². The van der Waals surface area contributed by atoms with Crippen molar-refractivity contribution in [2.24, 2.45) is 0 Å². The van der Waals surface area contributed by atoms with Gasteiger partial charge in [0.05, 0.1) is 15.6 Å². The molecule has 21 heavy (non-hydrogen) atoms. The second-order valence-electron chi connectivity index (χ2n) is 4.59. The summed E-state index contributed by atoms with van der Waals surface area (Å²) in [6.45, 7) is 5.34. The number of aromatic nitrogens is 1. The third-order valence-corrected chi connectivity index (χ3v) is 3.71. The van der Waals surface area contributed by atoms with E-state index in [0.29, 0.717) is 6.54 Å². The molecule has 1 aromatic heterocycles. The molecule has 0 fully saturated rings. The van der Waals surface area contributed by atoms with Gasteiger partial charge in [0, 0.05) is 48.4 Å².